The molecule has 0 aliphatic rings. The number of nitrogens with two attached hydrogens (primary N) is 1. The zero-order valence-corrected chi connectivity index (χ0v) is 10.9. The van der Waals surface area contributed by atoms with Crippen LogP contribution in [0.3, 0.4) is 0 Å². The van der Waals surface area contributed by atoms with Gasteiger partial charge in [-0.25, -0.2) is 4.98 Å². The van der Waals surface area contributed by atoms with Crippen LogP contribution in [0.25, 0.3) is 34.1 Å². The van der Waals surface area contributed by atoms with Crippen LogP contribution < -0.4 is 5.73 Å². The fourth-order valence-corrected chi connectivity index (χ4v) is 2.44. The average Bonchev–Trinajstić information content (AvgIpc) is 3.16. The minimum Gasteiger partial charge on any atom is -0.453 e. The van der Waals surface area contributed by atoms with Gasteiger partial charge in [0.15, 0.2) is 10.9 Å². The molecule has 4 rings (SSSR count). The number of rotatable bonds is 2. The van der Waals surface area contributed by atoms with Crippen LogP contribution in [0.1, 0.15) is 0 Å². The van der Waals surface area contributed by atoms with Gasteiger partial charge < -0.3 is 14.7 Å². The Morgan fingerprint density at radius 1 is 1.15 bits per heavy atom. The number of anilines is 1. The number of furan rings is 1. The number of nitrogen functional groups attached to an aromatic ring is 1. The normalized spacial score (nSPS) is 11.2. The van der Waals surface area contributed by atoms with Gasteiger partial charge in [0.2, 0.25) is 5.82 Å². The fraction of sp³-hybridized carbons (Fsp3) is 0. The van der Waals surface area contributed by atoms with E-state index in [2.05, 4.69) is 15.1 Å². The molecule has 0 radical (unpaired) electrons. The second-order valence-corrected chi connectivity index (χ2v) is 5.03. The van der Waals surface area contributed by atoms with Gasteiger partial charge in [-0.05, 0) is 12.1 Å². The van der Waals surface area contributed by atoms with Crippen molar-refractivity contribution in [2.24, 2.45) is 0 Å². The predicted octanol–water partition coefficient (Wildman–Crippen LogP) is 3.19. The summed E-state index contributed by atoms with van der Waals surface area (Å²) < 4.78 is 10.9. The van der Waals surface area contributed by atoms with Crippen LogP contribution in [0.2, 0.25) is 0 Å². The Balaban J connectivity index is 1.77. The van der Waals surface area contributed by atoms with Crippen LogP contribution in [0.15, 0.2) is 44.7 Å². The van der Waals surface area contributed by atoms with E-state index < -0.39 is 0 Å². The molecule has 0 aliphatic carbocycles. The molecule has 0 unspecified atom stereocenters. The Hall–Kier alpha value is -2.67. The van der Waals surface area contributed by atoms with Crippen molar-refractivity contribution >= 4 is 27.4 Å². The fourth-order valence-electron chi connectivity index (χ4n) is 1.91. The maximum atomic E-state index is 5.68. The molecule has 6 nitrogen and oxygen atoms in total. The Morgan fingerprint density at radius 2 is 2.05 bits per heavy atom. The van der Waals surface area contributed by atoms with E-state index in [9.17, 15) is 0 Å². The number of benzene rings is 1. The summed E-state index contributed by atoms with van der Waals surface area (Å²) in [5.74, 6) is 1.28. The van der Waals surface area contributed by atoms with Crippen LogP contribution in [0, 0.1) is 0 Å². The summed E-state index contributed by atoms with van der Waals surface area (Å²) in [4.78, 5) is 8.38. The first-order chi connectivity index (χ1) is 9.79. The third-order valence-corrected chi connectivity index (χ3v) is 3.49. The van der Waals surface area contributed by atoms with E-state index in [0.717, 1.165) is 11.0 Å². The van der Waals surface area contributed by atoms with Crippen molar-refractivity contribution in [2.45, 2.75) is 0 Å². The van der Waals surface area contributed by atoms with Crippen LogP contribution in [-0.2, 0) is 0 Å². The number of aromatic nitrogens is 3. The topological polar surface area (TPSA) is 91.0 Å². The minimum absolute atomic E-state index is 0.327. The van der Waals surface area contributed by atoms with E-state index in [1.54, 1.807) is 5.38 Å². The van der Waals surface area contributed by atoms with Crippen LogP contribution in [-0.4, -0.2) is 15.1 Å². The highest BCUT2D eigenvalue weighted by atomic mass is 32.1. The monoisotopic (exact) mass is 284 g/mol. The Bertz CT molecular complexity index is 859. The lowest BCUT2D eigenvalue weighted by Crippen LogP contribution is -1.83. The largest absolute Gasteiger partial charge is 0.453 e. The van der Waals surface area contributed by atoms with Gasteiger partial charge in [0, 0.05) is 10.8 Å². The highest BCUT2D eigenvalue weighted by Gasteiger charge is 2.16. The SMILES string of the molecule is Nc1nc(-c2nc(-c3cc4ccccc4o3)no2)cs1. The molecular formula is C13H8N4O2S. The smallest absolute Gasteiger partial charge is 0.277 e. The summed E-state index contributed by atoms with van der Waals surface area (Å²) in [6.07, 6.45) is 0. The molecule has 0 aliphatic heterocycles. The molecular weight excluding hydrogens is 276 g/mol. The summed E-state index contributed by atoms with van der Waals surface area (Å²) >= 11 is 1.32. The van der Waals surface area contributed by atoms with Crippen molar-refractivity contribution in [3.05, 3.63) is 35.7 Å². The Morgan fingerprint density at radius 3 is 2.85 bits per heavy atom. The lowest BCUT2D eigenvalue weighted by molar-refractivity contribution is 0.429. The molecule has 0 amide bonds. The van der Waals surface area contributed by atoms with Crippen LogP contribution >= 0.6 is 11.3 Å². The number of thiazole rings is 1. The summed E-state index contributed by atoms with van der Waals surface area (Å²) in [5.41, 5.74) is 6.94. The molecule has 0 spiro atoms. The standard InChI is InChI=1S/C13H8N4O2S/c14-13-15-8(6-20-13)12-16-11(17-19-12)10-5-7-3-1-2-4-9(7)18-10/h1-6H,(H2,14,15). The van der Waals surface area contributed by atoms with Gasteiger partial charge in [0.25, 0.3) is 5.89 Å². The van der Waals surface area contributed by atoms with Gasteiger partial charge >= 0.3 is 0 Å². The van der Waals surface area contributed by atoms with E-state index >= 15 is 0 Å². The molecule has 98 valence electrons. The van der Waals surface area contributed by atoms with Crippen molar-refractivity contribution < 1.29 is 8.94 Å². The number of nitrogens with zero attached hydrogens (tertiary/aromatic N) is 3. The summed E-state index contributed by atoms with van der Waals surface area (Å²) in [6, 6.07) is 9.58. The number of fused-ring (bicyclic) bond motifs is 1. The summed E-state index contributed by atoms with van der Waals surface area (Å²) in [5, 5.41) is 7.13. The molecule has 0 bridgehead atoms. The lowest BCUT2D eigenvalue weighted by atomic mass is 10.2. The molecule has 0 fully saturated rings. The molecule has 7 heteroatoms. The van der Waals surface area contributed by atoms with Crippen LogP contribution in [0.5, 0.6) is 0 Å². The second-order valence-electron chi connectivity index (χ2n) is 4.14. The second kappa shape index (κ2) is 4.17. The highest BCUT2D eigenvalue weighted by molar-refractivity contribution is 7.13. The van der Waals surface area contributed by atoms with E-state index in [1.165, 1.54) is 11.3 Å². The molecule has 4 aromatic rings. The maximum absolute atomic E-state index is 5.68. The van der Waals surface area contributed by atoms with Gasteiger partial charge in [-0.1, -0.05) is 23.4 Å². The average molecular weight is 284 g/mol. The van der Waals surface area contributed by atoms with Gasteiger partial charge in [-0.3, -0.25) is 0 Å². The van der Waals surface area contributed by atoms with Gasteiger partial charge in [0.1, 0.15) is 11.3 Å². The Labute approximate surface area is 116 Å². The van der Waals surface area contributed by atoms with Crippen molar-refractivity contribution in [3.63, 3.8) is 0 Å². The maximum Gasteiger partial charge on any atom is 0.277 e. The zero-order valence-electron chi connectivity index (χ0n) is 10.1. The predicted molar refractivity (Wildman–Crippen MR) is 75.0 cm³/mol. The first-order valence-corrected chi connectivity index (χ1v) is 6.71. The molecule has 3 aromatic heterocycles. The zero-order chi connectivity index (χ0) is 13.5. The van der Waals surface area contributed by atoms with Gasteiger partial charge in [0.05, 0.1) is 0 Å². The minimum atomic E-state index is 0.327. The molecule has 2 N–H and O–H groups in total. The molecule has 0 saturated carbocycles. The number of hydrogen-bond acceptors (Lipinski definition) is 7. The van der Waals surface area contributed by atoms with Crippen molar-refractivity contribution in [1.29, 1.82) is 0 Å². The number of para-hydroxylation sites is 1. The Kier molecular flexibility index (Phi) is 2.33. The van der Waals surface area contributed by atoms with E-state index in [-0.39, 0.29) is 0 Å². The van der Waals surface area contributed by atoms with Crippen molar-refractivity contribution in [1.82, 2.24) is 15.1 Å². The highest BCUT2D eigenvalue weighted by Crippen LogP contribution is 2.28. The first-order valence-electron chi connectivity index (χ1n) is 5.83. The third-order valence-electron chi connectivity index (χ3n) is 2.81. The third kappa shape index (κ3) is 1.76. The van der Waals surface area contributed by atoms with Crippen molar-refractivity contribution in [2.75, 3.05) is 5.73 Å². The first kappa shape index (κ1) is 11.2. The van der Waals surface area contributed by atoms with Gasteiger partial charge in [-0.2, -0.15) is 4.98 Å². The van der Waals surface area contributed by atoms with E-state index in [1.807, 2.05) is 30.3 Å². The van der Waals surface area contributed by atoms with Gasteiger partial charge in [-0.15, -0.1) is 11.3 Å². The molecule has 0 saturated heterocycles. The molecule has 20 heavy (non-hydrogen) atoms. The molecule has 0 atom stereocenters. The van der Waals surface area contributed by atoms with Crippen LogP contribution in [0.4, 0.5) is 5.13 Å². The van der Waals surface area contributed by atoms with Crippen molar-refractivity contribution in [3.8, 4) is 23.2 Å². The van der Waals surface area contributed by atoms with E-state index in [4.69, 9.17) is 14.7 Å². The molecule has 1 aromatic carbocycles. The van der Waals surface area contributed by atoms with E-state index in [0.29, 0.717) is 28.3 Å². The summed E-state index contributed by atoms with van der Waals surface area (Å²) in [6.45, 7) is 0. The molecule has 3 heterocycles. The quantitative estimate of drug-likeness (QED) is 0.608. The number of hydrogen-bond donors (Lipinski definition) is 1. The lowest BCUT2D eigenvalue weighted by Gasteiger charge is -1.84. The summed E-state index contributed by atoms with van der Waals surface area (Å²) in [7, 11) is 0.